The molecule has 1 fully saturated rings. The monoisotopic (exact) mass is 380 g/mol. The highest BCUT2D eigenvalue weighted by molar-refractivity contribution is 5.78. The summed E-state index contributed by atoms with van der Waals surface area (Å²) < 4.78 is 12.5. The van der Waals surface area contributed by atoms with E-state index in [0.29, 0.717) is 19.6 Å². The molecule has 0 spiro atoms. The number of ether oxygens (including phenoxy) is 2. The Balaban J connectivity index is 1.69. The third-order valence-corrected chi connectivity index (χ3v) is 5.20. The minimum atomic E-state index is 0.132. The van der Waals surface area contributed by atoms with Crippen molar-refractivity contribution in [2.75, 3.05) is 33.9 Å². The van der Waals surface area contributed by atoms with E-state index in [0.717, 1.165) is 41.3 Å². The van der Waals surface area contributed by atoms with Crippen LogP contribution in [0.1, 0.15) is 18.9 Å². The molecule has 1 saturated heterocycles. The predicted molar refractivity (Wildman–Crippen MR) is 106 cm³/mol. The Morgan fingerprint density at radius 3 is 2.79 bits per heavy atom. The van der Waals surface area contributed by atoms with Crippen LogP contribution in [0.4, 0.5) is 0 Å². The fourth-order valence-corrected chi connectivity index (χ4v) is 3.75. The molecule has 0 saturated carbocycles. The van der Waals surface area contributed by atoms with Gasteiger partial charge in [0.2, 0.25) is 5.91 Å². The number of nitrogens with zero attached hydrogens (tertiary/aromatic N) is 4. The number of aromatic nitrogens is 3. The number of likely N-dealkylation sites (tertiary alicyclic amines) is 1. The Bertz CT molecular complexity index is 967. The van der Waals surface area contributed by atoms with Crippen LogP contribution in [0.25, 0.3) is 22.6 Å². The van der Waals surface area contributed by atoms with E-state index >= 15 is 0 Å². The summed E-state index contributed by atoms with van der Waals surface area (Å²) >= 11 is 0. The van der Waals surface area contributed by atoms with Gasteiger partial charge in [-0.15, -0.1) is 0 Å². The van der Waals surface area contributed by atoms with Gasteiger partial charge in [0.25, 0.3) is 0 Å². The van der Waals surface area contributed by atoms with Crippen LogP contribution in [-0.2, 0) is 9.53 Å². The molecular formula is C21H24N4O3. The van der Waals surface area contributed by atoms with Crippen LogP contribution in [0.5, 0.6) is 5.75 Å². The molecule has 1 aliphatic heterocycles. The molecule has 1 aromatic carbocycles. The number of methoxy groups -OCH3 is 2. The summed E-state index contributed by atoms with van der Waals surface area (Å²) in [6.45, 7) is 1.85. The summed E-state index contributed by atoms with van der Waals surface area (Å²) in [5.41, 5.74) is 2.71. The van der Waals surface area contributed by atoms with Gasteiger partial charge in [0.1, 0.15) is 17.1 Å². The molecule has 1 atom stereocenters. The first kappa shape index (κ1) is 18.4. The van der Waals surface area contributed by atoms with Crippen molar-refractivity contribution in [2.45, 2.75) is 18.9 Å². The summed E-state index contributed by atoms with van der Waals surface area (Å²) in [7, 11) is 3.27. The van der Waals surface area contributed by atoms with Crippen LogP contribution < -0.4 is 4.74 Å². The maximum Gasteiger partial charge on any atom is 0.224 e. The first-order chi connectivity index (χ1) is 13.7. The SMILES string of the molecule is COCCC(=O)N1CC[C@@H](n2c(-c3ccc(OC)cc3)nc3cccnc32)C1. The highest BCUT2D eigenvalue weighted by Gasteiger charge is 2.30. The minimum absolute atomic E-state index is 0.132. The Morgan fingerprint density at radius 2 is 2.04 bits per heavy atom. The number of hydrogen-bond donors (Lipinski definition) is 0. The highest BCUT2D eigenvalue weighted by Crippen LogP contribution is 2.32. The smallest absolute Gasteiger partial charge is 0.224 e. The molecule has 0 aliphatic carbocycles. The standard InChI is InChI=1S/C21H24N4O3/c1-27-13-10-19(26)24-12-9-16(14-24)25-20(15-5-7-17(28-2)8-6-15)23-18-4-3-11-22-21(18)25/h3-8,11,16H,9-10,12-14H2,1-2H3/t16-/m1/s1. The quantitative estimate of drug-likeness (QED) is 0.658. The lowest BCUT2D eigenvalue weighted by molar-refractivity contribution is -0.131. The third kappa shape index (κ3) is 3.45. The number of amides is 1. The van der Waals surface area contributed by atoms with E-state index in [9.17, 15) is 4.79 Å². The van der Waals surface area contributed by atoms with Crippen molar-refractivity contribution in [2.24, 2.45) is 0 Å². The predicted octanol–water partition coefficient (Wildman–Crippen LogP) is 2.92. The molecule has 146 valence electrons. The fraction of sp³-hybridized carbons (Fsp3) is 0.381. The Hall–Kier alpha value is -2.93. The molecule has 3 aromatic rings. The van der Waals surface area contributed by atoms with E-state index in [2.05, 4.69) is 9.55 Å². The van der Waals surface area contributed by atoms with Gasteiger partial charge in [-0.05, 0) is 42.8 Å². The van der Waals surface area contributed by atoms with E-state index < -0.39 is 0 Å². The van der Waals surface area contributed by atoms with Gasteiger partial charge in [-0.25, -0.2) is 9.97 Å². The maximum atomic E-state index is 12.4. The Morgan fingerprint density at radius 1 is 1.21 bits per heavy atom. The maximum absolute atomic E-state index is 12.4. The van der Waals surface area contributed by atoms with Crippen molar-refractivity contribution in [3.05, 3.63) is 42.6 Å². The van der Waals surface area contributed by atoms with E-state index in [1.165, 1.54) is 0 Å². The van der Waals surface area contributed by atoms with Crippen molar-refractivity contribution in [1.29, 1.82) is 0 Å². The van der Waals surface area contributed by atoms with E-state index in [4.69, 9.17) is 14.5 Å². The largest absolute Gasteiger partial charge is 0.497 e. The zero-order chi connectivity index (χ0) is 19.5. The molecule has 28 heavy (non-hydrogen) atoms. The van der Waals surface area contributed by atoms with Gasteiger partial charge in [-0.1, -0.05) is 0 Å². The van der Waals surface area contributed by atoms with Crippen LogP contribution in [-0.4, -0.2) is 59.3 Å². The second kappa shape index (κ2) is 7.98. The highest BCUT2D eigenvalue weighted by atomic mass is 16.5. The second-order valence-corrected chi connectivity index (χ2v) is 6.91. The van der Waals surface area contributed by atoms with Crippen LogP contribution in [0.3, 0.4) is 0 Å². The van der Waals surface area contributed by atoms with Crippen molar-refractivity contribution in [1.82, 2.24) is 19.4 Å². The number of hydrogen-bond acceptors (Lipinski definition) is 5. The number of fused-ring (bicyclic) bond motifs is 1. The number of rotatable bonds is 6. The van der Waals surface area contributed by atoms with E-state index in [-0.39, 0.29) is 11.9 Å². The minimum Gasteiger partial charge on any atom is -0.497 e. The van der Waals surface area contributed by atoms with Crippen LogP contribution in [0.2, 0.25) is 0 Å². The molecular weight excluding hydrogens is 356 g/mol. The van der Waals surface area contributed by atoms with Gasteiger partial charge in [0.05, 0.1) is 26.2 Å². The Labute approximate surface area is 163 Å². The second-order valence-electron chi connectivity index (χ2n) is 6.91. The molecule has 1 amide bonds. The summed E-state index contributed by atoms with van der Waals surface area (Å²) in [5.74, 6) is 1.81. The molecule has 7 heteroatoms. The molecule has 0 unspecified atom stereocenters. The summed E-state index contributed by atoms with van der Waals surface area (Å²) in [6, 6.07) is 11.9. The summed E-state index contributed by atoms with van der Waals surface area (Å²) in [5, 5.41) is 0. The van der Waals surface area contributed by atoms with Crippen LogP contribution >= 0.6 is 0 Å². The van der Waals surface area contributed by atoms with Crippen molar-refractivity contribution in [3.8, 4) is 17.1 Å². The van der Waals surface area contributed by atoms with Gasteiger partial charge >= 0.3 is 0 Å². The van der Waals surface area contributed by atoms with Crippen LogP contribution in [0.15, 0.2) is 42.6 Å². The average molecular weight is 380 g/mol. The van der Waals surface area contributed by atoms with Gasteiger partial charge in [0, 0.05) is 32.0 Å². The van der Waals surface area contributed by atoms with Gasteiger partial charge < -0.3 is 18.9 Å². The lowest BCUT2D eigenvalue weighted by Crippen LogP contribution is -2.29. The number of pyridine rings is 1. The average Bonchev–Trinajstić information content (AvgIpc) is 3.36. The first-order valence-corrected chi connectivity index (χ1v) is 9.45. The third-order valence-electron chi connectivity index (χ3n) is 5.20. The molecule has 2 aromatic heterocycles. The fourth-order valence-electron chi connectivity index (χ4n) is 3.75. The van der Waals surface area contributed by atoms with E-state index in [1.807, 2.05) is 41.3 Å². The molecule has 0 radical (unpaired) electrons. The van der Waals surface area contributed by atoms with Crippen molar-refractivity contribution >= 4 is 17.1 Å². The zero-order valence-electron chi connectivity index (χ0n) is 16.2. The van der Waals surface area contributed by atoms with Gasteiger partial charge in [0.15, 0.2) is 5.65 Å². The number of benzene rings is 1. The molecule has 3 heterocycles. The van der Waals surface area contributed by atoms with Crippen molar-refractivity contribution in [3.63, 3.8) is 0 Å². The molecule has 7 nitrogen and oxygen atoms in total. The number of carbonyl (C=O) groups is 1. The zero-order valence-corrected chi connectivity index (χ0v) is 16.2. The summed E-state index contributed by atoms with van der Waals surface area (Å²) in [4.78, 5) is 23.7. The van der Waals surface area contributed by atoms with Crippen molar-refractivity contribution < 1.29 is 14.3 Å². The topological polar surface area (TPSA) is 69.5 Å². The normalized spacial score (nSPS) is 16.6. The van der Waals surface area contributed by atoms with Gasteiger partial charge in [-0.3, -0.25) is 4.79 Å². The summed E-state index contributed by atoms with van der Waals surface area (Å²) in [6.07, 6.45) is 3.08. The van der Waals surface area contributed by atoms with E-state index in [1.54, 1.807) is 20.4 Å². The lowest BCUT2D eigenvalue weighted by atomic mass is 10.2. The number of imidazole rings is 1. The van der Waals surface area contributed by atoms with Gasteiger partial charge in [-0.2, -0.15) is 0 Å². The number of carbonyl (C=O) groups excluding carboxylic acids is 1. The lowest BCUT2D eigenvalue weighted by Gasteiger charge is -2.19. The Kier molecular flexibility index (Phi) is 5.25. The molecule has 0 bridgehead atoms. The van der Waals surface area contributed by atoms with Crippen LogP contribution in [0, 0.1) is 0 Å². The molecule has 1 aliphatic rings. The first-order valence-electron chi connectivity index (χ1n) is 9.45. The molecule has 0 N–H and O–H groups in total. The molecule has 4 rings (SSSR count).